The van der Waals surface area contributed by atoms with E-state index in [0.717, 1.165) is 11.5 Å². The largest absolute Gasteiger partial charge is 0.351 e. The zero-order valence-electron chi connectivity index (χ0n) is 9.71. The van der Waals surface area contributed by atoms with Crippen LogP contribution in [0, 0.1) is 0 Å². The van der Waals surface area contributed by atoms with Gasteiger partial charge < -0.3 is 5.73 Å². The molecule has 0 atom stereocenters. The molecule has 1 saturated carbocycles. The summed E-state index contributed by atoms with van der Waals surface area (Å²) in [6.07, 6.45) is 7.32. The standard InChI is InChI=1S/C12H15N5/c13-6-12-15-8-16-17(12)10-4-5-11(14-7-10)9-2-1-3-9/h4-5,7-9H,1-3,6,13H2/p+1. The van der Waals surface area contributed by atoms with E-state index in [9.17, 15) is 0 Å². The molecule has 0 unspecified atom stereocenters. The number of pyridine rings is 1. The molecular formula is C12H16N5+. The number of aromatic nitrogens is 4. The second-order valence-corrected chi connectivity index (χ2v) is 4.41. The van der Waals surface area contributed by atoms with Gasteiger partial charge in [0.25, 0.3) is 0 Å². The Morgan fingerprint density at radius 1 is 1.29 bits per heavy atom. The van der Waals surface area contributed by atoms with Gasteiger partial charge in [0.1, 0.15) is 12.9 Å². The molecule has 0 radical (unpaired) electrons. The monoisotopic (exact) mass is 230 g/mol. The number of nitrogens with zero attached hydrogens (tertiary/aromatic N) is 4. The Morgan fingerprint density at radius 3 is 2.76 bits per heavy atom. The van der Waals surface area contributed by atoms with Crippen LogP contribution >= 0.6 is 0 Å². The van der Waals surface area contributed by atoms with E-state index in [1.165, 1.54) is 25.0 Å². The van der Waals surface area contributed by atoms with Crippen molar-refractivity contribution >= 4 is 0 Å². The summed E-state index contributed by atoms with van der Waals surface area (Å²) in [4.78, 5) is 8.68. The van der Waals surface area contributed by atoms with Gasteiger partial charge in [-0.25, -0.2) is 9.67 Å². The molecule has 0 saturated heterocycles. The molecular weight excluding hydrogens is 214 g/mol. The molecule has 2 aromatic heterocycles. The van der Waals surface area contributed by atoms with Gasteiger partial charge in [-0.15, -0.1) is 0 Å². The van der Waals surface area contributed by atoms with E-state index < -0.39 is 0 Å². The molecule has 1 aliphatic rings. The predicted octanol–water partition coefficient (Wildman–Crippen LogP) is 0.672. The summed E-state index contributed by atoms with van der Waals surface area (Å²) in [5, 5.41) is 4.19. The van der Waals surface area contributed by atoms with E-state index in [2.05, 4.69) is 32.9 Å². The van der Waals surface area contributed by atoms with E-state index in [-0.39, 0.29) is 0 Å². The zero-order valence-corrected chi connectivity index (χ0v) is 9.71. The van der Waals surface area contributed by atoms with Crippen molar-refractivity contribution in [1.82, 2.24) is 19.7 Å². The predicted molar refractivity (Wildman–Crippen MR) is 62.3 cm³/mol. The van der Waals surface area contributed by atoms with Crippen LogP contribution in [0.3, 0.4) is 0 Å². The first kappa shape index (κ1) is 10.4. The smallest absolute Gasteiger partial charge is 0.186 e. The molecule has 1 aliphatic carbocycles. The molecule has 0 aliphatic heterocycles. The summed E-state index contributed by atoms with van der Waals surface area (Å²) in [7, 11) is 0. The lowest BCUT2D eigenvalue weighted by molar-refractivity contribution is -0.388. The maximum atomic E-state index is 4.52. The van der Waals surface area contributed by atoms with E-state index in [1.807, 2.05) is 6.20 Å². The van der Waals surface area contributed by atoms with Crippen LogP contribution in [0.5, 0.6) is 0 Å². The molecule has 0 amide bonds. The fraction of sp³-hybridized carbons (Fsp3) is 0.417. The Hall–Kier alpha value is -1.75. The molecule has 0 aromatic carbocycles. The van der Waals surface area contributed by atoms with Crippen LogP contribution in [0.15, 0.2) is 24.7 Å². The summed E-state index contributed by atoms with van der Waals surface area (Å²) >= 11 is 0. The van der Waals surface area contributed by atoms with Crippen LogP contribution in [0.25, 0.3) is 5.69 Å². The molecule has 88 valence electrons. The number of rotatable bonds is 3. The summed E-state index contributed by atoms with van der Waals surface area (Å²) in [5.41, 5.74) is 6.01. The Bertz CT molecular complexity index is 498. The maximum absolute atomic E-state index is 4.52. The minimum Gasteiger partial charge on any atom is -0.351 e. The fourth-order valence-electron chi connectivity index (χ4n) is 2.12. The third-order valence-electron chi connectivity index (χ3n) is 3.38. The Balaban J connectivity index is 1.88. The first-order chi connectivity index (χ1) is 8.38. The van der Waals surface area contributed by atoms with Crippen LogP contribution in [0.2, 0.25) is 0 Å². The van der Waals surface area contributed by atoms with Gasteiger partial charge in [-0.05, 0) is 25.0 Å². The Kier molecular flexibility index (Phi) is 2.60. The molecule has 3 rings (SSSR count). The van der Waals surface area contributed by atoms with Gasteiger partial charge in [0.05, 0.1) is 11.9 Å². The highest BCUT2D eigenvalue weighted by Crippen LogP contribution is 2.35. The van der Waals surface area contributed by atoms with Crippen molar-refractivity contribution in [1.29, 1.82) is 0 Å². The molecule has 2 aromatic rings. The van der Waals surface area contributed by atoms with Gasteiger partial charge in [-0.3, -0.25) is 4.98 Å². The molecule has 0 spiro atoms. The van der Waals surface area contributed by atoms with Crippen molar-refractivity contribution in [2.24, 2.45) is 0 Å². The minimum absolute atomic E-state index is 0.629. The molecule has 0 bridgehead atoms. The number of hydrogen-bond acceptors (Lipinski definition) is 3. The van der Waals surface area contributed by atoms with E-state index in [0.29, 0.717) is 12.5 Å². The van der Waals surface area contributed by atoms with Gasteiger partial charge in [0.15, 0.2) is 5.82 Å². The quantitative estimate of drug-likeness (QED) is 0.842. The molecule has 5 nitrogen and oxygen atoms in total. The van der Waals surface area contributed by atoms with Gasteiger partial charge in [0.2, 0.25) is 0 Å². The van der Waals surface area contributed by atoms with Crippen LogP contribution < -0.4 is 5.73 Å². The molecule has 2 heterocycles. The summed E-state index contributed by atoms with van der Waals surface area (Å²) < 4.78 is 1.80. The van der Waals surface area contributed by atoms with Crippen molar-refractivity contribution in [3.05, 3.63) is 36.2 Å². The first-order valence-corrected chi connectivity index (χ1v) is 6.03. The fourth-order valence-corrected chi connectivity index (χ4v) is 2.12. The van der Waals surface area contributed by atoms with E-state index in [4.69, 9.17) is 0 Å². The third kappa shape index (κ3) is 1.82. The molecule has 5 heteroatoms. The lowest BCUT2D eigenvalue weighted by Crippen LogP contribution is -2.48. The van der Waals surface area contributed by atoms with Gasteiger partial charge >= 0.3 is 0 Å². The highest BCUT2D eigenvalue weighted by molar-refractivity contribution is 5.30. The summed E-state index contributed by atoms with van der Waals surface area (Å²) in [6, 6.07) is 4.17. The Labute approximate surface area is 99.7 Å². The van der Waals surface area contributed by atoms with Gasteiger partial charge in [-0.1, -0.05) is 6.42 Å². The number of quaternary nitrogens is 1. The van der Waals surface area contributed by atoms with E-state index >= 15 is 0 Å². The van der Waals surface area contributed by atoms with Crippen LogP contribution in [-0.4, -0.2) is 19.7 Å². The van der Waals surface area contributed by atoms with Crippen molar-refractivity contribution in [3.8, 4) is 5.69 Å². The SMILES string of the molecule is [NH3+]Cc1ncnn1-c1ccc(C2CCC2)nc1. The topological polar surface area (TPSA) is 71.2 Å². The van der Waals surface area contributed by atoms with Crippen molar-refractivity contribution in [3.63, 3.8) is 0 Å². The number of hydrogen-bond donors (Lipinski definition) is 1. The van der Waals surface area contributed by atoms with Crippen molar-refractivity contribution in [2.75, 3.05) is 0 Å². The highest BCUT2D eigenvalue weighted by atomic mass is 15.3. The highest BCUT2D eigenvalue weighted by Gasteiger charge is 2.20. The average molecular weight is 230 g/mol. The summed E-state index contributed by atoms with van der Waals surface area (Å²) in [6.45, 7) is 0.629. The third-order valence-corrected chi connectivity index (χ3v) is 3.38. The lowest BCUT2D eigenvalue weighted by Gasteiger charge is -2.24. The first-order valence-electron chi connectivity index (χ1n) is 6.03. The normalized spacial score (nSPS) is 15.8. The molecule has 3 N–H and O–H groups in total. The average Bonchev–Trinajstić information content (AvgIpc) is 2.76. The van der Waals surface area contributed by atoms with Crippen LogP contribution in [0.1, 0.15) is 36.7 Å². The summed E-state index contributed by atoms with van der Waals surface area (Å²) in [5.74, 6) is 1.54. The Morgan fingerprint density at radius 2 is 2.18 bits per heavy atom. The zero-order chi connectivity index (χ0) is 11.7. The van der Waals surface area contributed by atoms with Crippen molar-refractivity contribution < 1.29 is 5.73 Å². The minimum atomic E-state index is 0.629. The molecule has 17 heavy (non-hydrogen) atoms. The second kappa shape index (κ2) is 4.25. The van der Waals surface area contributed by atoms with Crippen molar-refractivity contribution in [2.45, 2.75) is 31.7 Å². The molecule has 1 fully saturated rings. The second-order valence-electron chi connectivity index (χ2n) is 4.41. The lowest BCUT2D eigenvalue weighted by atomic mass is 9.83. The van der Waals surface area contributed by atoms with Crippen LogP contribution in [-0.2, 0) is 6.54 Å². The van der Waals surface area contributed by atoms with Crippen LogP contribution in [0.4, 0.5) is 0 Å². The van der Waals surface area contributed by atoms with E-state index in [1.54, 1.807) is 11.0 Å². The van der Waals surface area contributed by atoms with Gasteiger partial charge in [-0.2, -0.15) is 5.10 Å². The van der Waals surface area contributed by atoms with Gasteiger partial charge in [0, 0.05) is 11.6 Å². The maximum Gasteiger partial charge on any atom is 0.186 e.